The highest BCUT2D eigenvalue weighted by Crippen LogP contribution is 2.06. The summed E-state index contributed by atoms with van der Waals surface area (Å²) < 4.78 is 9.21. The molecule has 1 heterocycles. The lowest BCUT2D eigenvalue weighted by Gasteiger charge is -2.32. The number of methoxy groups -OCH3 is 1. The standard InChI is InChI=1S/C6H12N3O3/c1-6(11-2)12-5-9(10)3-7-8-4-9/h3,6H,4-5H2,1-2H3. The zero-order valence-corrected chi connectivity index (χ0v) is 7.14. The average molecular weight is 174 g/mol. The summed E-state index contributed by atoms with van der Waals surface area (Å²) in [6.45, 7) is 1.80. The minimum absolute atomic E-state index is 0.0119. The van der Waals surface area contributed by atoms with Gasteiger partial charge in [-0.25, -0.2) is 0 Å². The molecule has 0 aliphatic carbocycles. The van der Waals surface area contributed by atoms with Gasteiger partial charge in [0, 0.05) is 7.11 Å². The van der Waals surface area contributed by atoms with E-state index in [0.717, 1.165) is 0 Å². The van der Waals surface area contributed by atoms with E-state index in [1.54, 1.807) is 6.92 Å². The monoisotopic (exact) mass is 174 g/mol. The van der Waals surface area contributed by atoms with Crippen LogP contribution in [0.3, 0.4) is 0 Å². The van der Waals surface area contributed by atoms with E-state index in [4.69, 9.17) is 9.47 Å². The van der Waals surface area contributed by atoms with Gasteiger partial charge < -0.3 is 14.7 Å². The zero-order valence-electron chi connectivity index (χ0n) is 7.14. The van der Waals surface area contributed by atoms with Gasteiger partial charge in [-0.1, -0.05) is 0 Å². The lowest BCUT2D eigenvalue weighted by Crippen LogP contribution is -2.42. The highest BCUT2D eigenvalue weighted by atomic mass is 16.7. The Morgan fingerprint density at radius 2 is 2.50 bits per heavy atom. The number of ether oxygens (including phenoxy) is 2. The number of hydroxylamine groups is 3. The predicted molar refractivity (Wildman–Crippen MR) is 41.5 cm³/mol. The molecule has 0 spiro atoms. The summed E-state index contributed by atoms with van der Waals surface area (Å²) in [6.07, 6.45) is 0.838. The Balaban J connectivity index is 2.26. The first kappa shape index (κ1) is 9.40. The molecule has 0 bridgehead atoms. The fraction of sp³-hybridized carbons (Fsp3) is 0.833. The average Bonchev–Trinajstić information content (AvgIpc) is 2.49. The van der Waals surface area contributed by atoms with E-state index in [2.05, 4.69) is 10.5 Å². The van der Waals surface area contributed by atoms with Crippen molar-refractivity contribution >= 4 is 6.34 Å². The molecule has 0 N–H and O–H groups in total. The van der Waals surface area contributed by atoms with Crippen molar-refractivity contribution in [2.45, 2.75) is 13.2 Å². The van der Waals surface area contributed by atoms with E-state index in [0.29, 0.717) is 0 Å². The second-order valence-electron chi connectivity index (χ2n) is 2.57. The molecule has 1 radical (unpaired) electrons. The van der Waals surface area contributed by atoms with Gasteiger partial charge in [0.15, 0.2) is 19.7 Å². The summed E-state index contributed by atoms with van der Waals surface area (Å²) in [5, 5.41) is 14.9. The molecule has 1 rings (SSSR count). The van der Waals surface area contributed by atoms with Crippen LogP contribution in [-0.2, 0) is 9.47 Å². The molecule has 0 saturated heterocycles. The number of nitrogens with zero attached hydrogens (tertiary/aromatic N) is 3. The van der Waals surface area contributed by atoms with Gasteiger partial charge >= 0.3 is 0 Å². The molecular weight excluding hydrogens is 162 g/mol. The molecule has 0 aromatic heterocycles. The van der Waals surface area contributed by atoms with E-state index in [9.17, 15) is 5.21 Å². The largest absolute Gasteiger partial charge is 0.623 e. The van der Waals surface area contributed by atoms with Crippen LogP contribution in [0.1, 0.15) is 6.92 Å². The van der Waals surface area contributed by atoms with Gasteiger partial charge in [0.1, 0.15) is 0 Å². The fourth-order valence-electron chi connectivity index (χ4n) is 0.684. The smallest absolute Gasteiger partial charge is 0.213 e. The van der Waals surface area contributed by atoms with Gasteiger partial charge in [0.25, 0.3) is 0 Å². The molecule has 0 amide bonds. The van der Waals surface area contributed by atoms with Crippen LogP contribution in [0.25, 0.3) is 0 Å². The summed E-state index contributed by atoms with van der Waals surface area (Å²) in [6, 6.07) is 0. The Morgan fingerprint density at radius 3 is 3.00 bits per heavy atom. The van der Waals surface area contributed by atoms with E-state index in [1.165, 1.54) is 13.4 Å². The van der Waals surface area contributed by atoms with Gasteiger partial charge in [-0.15, -0.1) is 10.5 Å². The second kappa shape index (κ2) is 3.81. The minimum atomic E-state index is -0.659. The van der Waals surface area contributed by atoms with Crippen LogP contribution in [0.15, 0.2) is 5.10 Å². The normalized spacial score (nSPS) is 30.2. The number of hydrogen-bond acceptors (Lipinski definition) is 4. The van der Waals surface area contributed by atoms with E-state index >= 15 is 0 Å². The predicted octanol–water partition coefficient (Wildman–Crippen LogP) is -0.214. The topological polar surface area (TPSA) is 68.0 Å². The minimum Gasteiger partial charge on any atom is -0.623 e. The van der Waals surface area contributed by atoms with Crippen LogP contribution in [0.5, 0.6) is 0 Å². The highest BCUT2D eigenvalue weighted by molar-refractivity contribution is 5.47. The van der Waals surface area contributed by atoms with Crippen LogP contribution in [-0.4, -0.2) is 37.8 Å². The summed E-state index contributed by atoms with van der Waals surface area (Å²) in [7, 11) is 1.52. The van der Waals surface area contributed by atoms with Crippen LogP contribution in [0.2, 0.25) is 0 Å². The Bertz CT molecular complexity index is 175. The molecule has 12 heavy (non-hydrogen) atoms. The van der Waals surface area contributed by atoms with Gasteiger partial charge in [0.05, 0.1) is 0 Å². The molecule has 1 aliphatic rings. The van der Waals surface area contributed by atoms with Crippen LogP contribution in [0.4, 0.5) is 0 Å². The molecular formula is C6H12N3O3. The van der Waals surface area contributed by atoms with Crippen LogP contribution < -0.4 is 5.43 Å². The number of quaternary nitrogens is 1. The van der Waals surface area contributed by atoms with Crippen molar-refractivity contribution in [2.24, 2.45) is 5.10 Å². The van der Waals surface area contributed by atoms with Crippen molar-refractivity contribution in [3.63, 3.8) is 0 Å². The Kier molecular flexibility index (Phi) is 2.99. The molecule has 6 heteroatoms. The first-order chi connectivity index (χ1) is 5.66. The highest BCUT2D eigenvalue weighted by Gasteiger charge is 2.21. The third kappa shape index (κ3) is 2.42. The van der Waals surface area contributed by atoms with E-state index < -0.39 is 4.65 Å². The Hall–Kier alpha value is -0.690. The summed E-state index contributed by atoms with van der Waals surface area (Å²) in [5.74, 6) is 0. The molecule has 69 valence electrons. The maximum Gasteiger partial charge on any atom is 0.213 e. The van der Waals surface area contributed by atoms with E-state index in [1.807, 2.05) is 0 Å². The lowest BCUT2D eigenvalue weighted by atomic mass is 10.7. The van der Waals surface area contributed by atoms with Gasteiger partial charge in [-0.2, -0.15) is 0 Å². The molecule has 0 aromatic rings. The number of hydrogen-bond donors (Lipinski definition) is 0. The number of rotatable bonds is 4. The Morgan fingerprint density at radius 1 is 1.75 bits per heavy atom. The third-order valence-corrected chi connectivity index (χ3v) is 1.51. The van der Waals surface area contributed by atoms with Crippen molar-refractivity contribution in [1.82, 2.24) is 5.43 Å². The molecule has 0 fully saturated rings. The van der Waals surface area contributed by atoms with Gasteiger partial charge in [-0.3, -0.25) is 4.65 Å². The van der Waals surface area contributed by atoms with Crippen molar-refractivity contribution in [2.75, 3.05) is 20.5 Å². The van der Waals surface area contributed by atoms with E-state index in [-0.39, 0.29) is 19.7 Å². The fourth-order valence-corrected chi connectivity index (χ4v) is 0.684. The molecule has 2 unspecified atom stereocenters. The van der Waals surface area contributed by atoms with Gasteiger partial charge in [-0.05, 0) is 6.92 Å². The van der Waals surface area contributed by atoms with Crippen molar-refractivity contribution < 1.29 is 14.1 Å². The van der Waals surface area contributed by atoms with Crippen LogP contribution in [0, 0.1) is 5.21 Å². The van der Waals surface area contributed by atoms with Gasteiger partial charge in [0.2, 0.25) is 6.34 Å². The van der Waals surface area contributed by atoms with Crippen molar-refractivity contribution in [3.05, 3.63) is 5.21 Å². The van der Waals surface area contributed by atoms with Crippen LogP contribution >= 0.6 is 0 Å². The Labute approximate surface area is 70.9 Å². The maximum atomic E-state index is 11.4. The summed E-state index contributed by atoms with van der Waals surface area (Å²) in [4.78, 5) is 0. The quantitative estimate of drug-likeness (QED) is 0.336. The maximum absolute atomic E-state index is 11.4. The first-order valence-corrected chi connectivity index (χ1v) is 3.59. The molecule has 1 aliphatic heterocycles. The van der Waals surface area contributed by atoms with Crippen molar-refractivity contribution in [3.8, 4) is 0 Å². The summed E-state index contributed by atoms with van der Waals surface area (Å²) in [5.41, 5.74) is 3.55. The zero-order chi connectivity index (χ0) is 9.03. The second-order valence-corrected chi connectivity index (χ2v) is 2.57. The molecule has 0 aromatic carbocycles. The molecule has 0 saturated carbocycles. The molecule has 2 atom stereocenters. The SMILES string of the molecule is COC(C)OC[N+]1([O-])C=N[N]C1. The lowest BCUT2D eigenvalue weighted by molar-refractivity contribution is -0.806. The summed E-state index contributed by atoms with van der Waals surface area (Å²) >= 11 is 0. The molecule has 6 nitrogen and oxygen atoms in total. The first-order valence-electron chi connectivity index (χ1n) is 3.59. The third-order valence-electron chi connectivity index (χ3n) is 1.51. The van der Waals surface area contributed by atoms with Crippen molar-refractivity contribution in [1.29, 1.82) is 0 Å².